The molecule has 0 spiro atoms. The zero-order valence-electron chi connectivity index (χ0n) is 12.6. The van der Waals surface area contributed by atoms with Gasteiger partial charge in [-0.2, -0.15) is 0 Å². The molecule has 1 heterocycles. The highest BCUT2D eigenvalue weighted by Gasteiger charge is 2.21. The average Bonchev–Trinajstić information content (AvgIpc) is 3.18. The van der Waals surface area contributed by atoms with Crippen LogP contribution in [0.2, 0.25) is 0 Å². The molecule has 1 fully saturated rings. The summed E-state index contributed by atoms with van der Waals surface area (Å²) in [5, 5.41) is 3.14. The maximum Gasteiger partial charge on any atom is 0.123 e. The van der Waals surface area contributed by atoms with E-state index in [0.717, 1.165) is 11.3 Å². The van der Waals surface area contributed by atoms with Gasteiger partial charge in [0.15, 0.2) is 0 Å². The van der Waals surface area contributed by atoms with E-state index in [4.69, 9.17) is 0 Å². The molecular formula is C17H20FNOS2. The van der Waals surface area contributed by atoms with Crippen LogP contribution in [0.1, 0.15) is 60.0 Å². The molecule has 0 N–H and O–H groups in total. The van der Waals surface area contributed by atoms with Crippen molar-refractivity contribution >= 4 is 22.1 Å². The van der Waals surface area contributed by atoms with E-state index in [0.29, 0.717) is 11.7 Å². The zero-order chi connectivity index (χ0) is 15.5. The Kier molecular flexibility index (Phi) is 5.03. The minimum absolute atomic E-state index is 0.114. The molecule has 2 nitrogen and oxygen atoms in total. The largest absolute Gasteiger partial charge is 0.259 e. The molecular weight excluding hydrogens is 317 g/mol. The molecule has 0 radical (unpaired) electrons. The van der Waals surface area contributed by atoms with Crippen LogP contribution in [0.15, 0.2) is 29.6 Å². The molecule has 118 valence electrons. The first-order valence-electron chi connectivity index (χ1n) is 7.70. The molecule has 0 bridgehead atoms. The smallest absolute Gasteiger partial charge is 0.123 e. The van der Waals surface area contributed by atoms with Crippen LogP contribution in [-0.4, -0.2) is 9.19 Å². The third-order valence-electron chi connectivity index (χ3n) is 4.30. The van der Waals surface area contributed by atoms with Crippen LogP contribution in [-0.2, 0) is 16.6 Å². The summed E-state index contributed by atoms with van der Waals surface area (Å²) in [4.78, 5) is 4.69. The zero-order valence-corrected chi connectivity index (χ0v) is 14.3. The number of benzene rings is 1. The van der Waals surface area contributed by atoms with Gasteiger partial charge < -0.3 is 0 Å². The van der Waals surface area contributed by atoms with Gasteiger partial charge in [0, 0.05) is 22.1 Å². The molecule has 2 atom stereocenters. The van der Waals surface area contributed by atoms with E-state index >= 15 is 0 Å². The SMILES string of the molecule is C[C@H](c1ccc(F)cc1)[S@](=O)Cc1csc(C2CCCC2)n1. The van der Waals surface area contributed by atoms with E-state index in [-0.39, 0.29) is 11.1 Å². The van der Waals surface area contributed by atoms with Gasteiger partial charge in [-0.25, -0.2) is 9.37 Å². The highest BCUT2D eigenvalue weighted by Crippen LogP contribution is 2.36. The number of rotatable bonds is 5. The van der Waals surface area contributed by atoms with E-state index in [9.17, 15) is 8.60 Å². The van der Waals surface area contributed by atoms with Gasteiger partial charge in [0.25, 0.3) is 0 Å². The maximum atomic E-state index is 13.0. The Morgan fingerprint density at radius 2 is 2.00 bits per heavy atom. The van der Waals surface area contributed by atoms with Crippen LogP contribution < -0.4 is 0 Å². The Balaban J connectivity index is 1.64. The lowest BCUT2D eigenvalue weighted by molar-refractivity contribution is 0.626. The lowest BCUT2D eigenvalue weighted by Gasteiger charge is -2.11. The fraction of sp³-hybridized carbons (Fsp3) is 0.471. The van der Waals surface area contributed by atoms with Crippen LogP contribution in [0.25, 0.3) is 0 Å². The van der Waals surface area contributed by atoms with Crippen LogP contribution in [0.4, 0.5) is 4.39 Å². The number of aromatic nitrogens is 1. The molecule has 1 aromatic heterocycles. The second-order valence-electron chi connectivity index (χ2n) is 5.88. The van der Waals surface area contributed by atoms with E-state index in [1.54, 1.807) is 23.5 Å². The van der Waals surface area contributed by atoms with Gasteiger partial charge in [-0.3, -0.25) is 4.21 Å². The molecule has 22 heavy (non-hydrogen) atoms. The Hall–Kier alpha value is -1.07. The molecule has 3 rings (SSSR count). The molecule has 2 aromatic rings. The maximum absolute atomic E-state index is 13.0. The van der Waals surface area contributed by atoms with Gasteiger partial charge in [-0.05, 0) is 37.5 Å². The van der Waals surface area contributed by atoms with Gasteiger partial charge in [-0.1, -0.05) is 25.0 Å². The van der Waals surface area contributed by atoms with E-state index < -0.39 is 10.8 Å². The second-order valence-corrected chi connectivity index (χ2v) is 8.52. The van der Waals surface area contributed by atoms with Crippen molar-refractivity contribution in [2.24, 2.45) is 0 Å². The Morgan fingerprint density at radius 3 is 2.68 bits per heavy atom. The first kappa shape index (κ1) is 15.8. The van der Waals surface area contributed by atoms with Crippen LogP contribution in [0, 0.1) is 5.82 Å². The minimum Gasteiger partial charge on any atom is -0.259 e. The summed E-state index contributed by atoms with van der Waals surface area (Å²) >= 11 is 1.70. The topological polar surface area (TPSA) is 30.0 Å². The summed E-state index contributed by atoms with van der Waals surface area (Å²) in [5.41, 5.74) is 1.84. The summed E-state index contributed by atoms with van der Waals surface area (Å²) in [6.07, 6.45) is 5.07. The number of nitrogens with zero attached hydrogens (tertiary/aromatic N) is 1. The third-order valence-corrected chi connectivity index (χ3v) is 6.99. The molecule has 1 saturated carbocycles. The summed E-state index contributed by atoms with van der Waals surface area (Å²) in [6, 6.07) is 6.26. The van der Waals surface area contributed by atoms with Crippen LogP contribution in [0.5, 0.6) is 0 Å². The molecule has 5 heteroatoms. The standard InChI is InChI=1S/C17H20FNOS2/c1-12(13-6-8-15(18)9-7-13)22(20)11-16-10-21-17(19-16)14-4-2-3-5-14/h6-10,12,14H,2-5,11H2,1H3/t12-,22-/m1/s1. The van der Waals surface area contributed by atoms with Crippen molar-refractivity contribution in [1.29, 1.82) is 0 Å². The normalized spacial score (nSPS) is 18.5. The molecule has 0 aliphatic heterocycles. The van der Waals surface area contributed by atoms with Crippen molar-refractivity contribution in [3.05, 3.63) is 51.7 Å². The molecule has 1 aliphatic rings. The number of hydrogen-bond acceptors (Lipinski definition) is 3. The molecule has 1 aromatic carbocycles. The lowest BCUT2D eigenvalue weighted by atomic mass is 10.1. The monoisotopic (exact) mass is 337 g/mol. The van der Waals surface area contributed by atoms with Gasteiger partial charge >= 0.3 is 0 Å². The van der Waals surface area contributed by atoms with Crippen molar-refractivity contribution in [3.8, 4) is 0 Å². The highest BCUT2D eigenvalue weighted by atomic mass is 32.2. The molecule has 0 unspecified atom stereocenters. The van der Waals surface area contributed by atoms with Gasteiger partial charge in [0.1, 0.15) is 5.82 Å². The lowest BCUT2D eigenvalue weighted by Crippen LogP contribution is -2.06. The Bertz CT molecular complexity index is 647. The highest BCUT2D eigenvalue weighted by molar-refractivity contribution is 7.84. The number of thiazole rings is 1. The van der Waals surface area contributed by atoms with Gasteiger partial charge in [0.2, 0.25) is 0 Å². The van der Waals surface area contributed by atoms with Crippen molar-refractivity contribution in [3.63, 3.8) is 0 Å². The number of hydrogen-bond donors (Lipinski definition) is 0. The minimum atomic E-state index is -1.04. The Morgan fingerprint density at radius 1 is 1.32 bits per heavy atom. The third kappa shape index (κ3) is 3.63. The number of halogens is 1. The fourth-order valence-corrected chi connectivity index (χ4v) is 5.15. The fourth-order valence-electron chi connectivity index (χ4n) is 2.91. The Labute approximate surface area is 137 Å². The van der Waals surface area contributed by atoms with E-state index in [1.165, 1.54) is 42.8 Å². The average molecular weight is 337 g/mol. The van der Waals surface area contributed by atoms with Crippen molar-refractivity contribution in [1.82, 2.24) is 4.98 Å². The van der Waals surface area contributed by atoms with E-state index in [2.05, 4.69) is 4.98 Å². The summed E-state index contributed by atoms with van der Waals surface area (Å²) in [6.45, 7) is 1.92. The van der Waals surface area contributed by atoms with Crippen molar-refractivity contribution in [2.75, 3.05) is 0 Å². The first-order valence-corrected chi connectivity index (χ1v) is 9.96. The second kappa shape index (κ2) is 7.01. The predicted molar refractivity (Wildman–Crippen MR) is 90.0 cm³/mol. The van der Waals surface area contributed by atoms with Crippen molar-refractivity contribution in [2.45, 2.75) is 49.5 Å². The quantitative estimate of drug-likeness (QED) is 0.772. The first-order chi connectivity index (χ1) is 10.6. The van der Waals surface area contributed by atoms with Gasteiger partial charge in [0.05, 0.1) is 21.7 Å². The molecule has 0 amide bonds. The predicted octanol–water partition coefficient (Wildman–Crippen LogP) is 4.95. The summed E-state index contributed by atoms with van der Waals surface area (Å²) in [5.74, 6) is 0.825. The van der Waals surface area contributed by atoms with E-state index in [1.807, 2.05) is 12.3 Å². The van der Waals surface area contributed by atoms with Gasteiger partial charge in [-0.15, -0.1) is 11.3 Å². The molecule has 1 aliphatic carbocycles. The molecule has 0 saturated heterocycles. The van der Waals surface area contributed by atoms with Crippen LogP contribution in [0.3, 0.4) is 0 Å². The van der Waals surface area contributed by atoms with Crippen molar-refractivity contribution < 1.29 is 8.60 Å². The van der Waals surface area contributed by atoms with Crippen LogP contribution >= 0.6 is 11.3 Å². The summed E-state index contributed by atoms with van der Waals surface area (Å²) < 4.78 is 25.5. The summed E-state index contributed by atoms with van der Waals surface area (Å²) in [7, 11) is -1.04.